The fourth-order valence-corrected chi connectivity index (χ4v) is 7.02. The number of hydrogen-bond donors (Lipinski definition) is 0. The molecule has 0 aliphatic carbocycles. The number of fused-ring (bicyclic) bond motifs is 4. The molecule has 0 aromatic heterocycles. The van der Waals surface area contributed by atoms with Crippen LogP contribution in [0, 0.1) is 45.3 Å². The van der Waals surface area contributed by atoms with E-state index in [1.54, 1.807) is 84.9 Å². The lowest BCUT2D eigenvalue weighted by molar-refractivity contribution is -0.134. The summed E-state index contributed by atoms with van der Waals surface area (Å²) < 4.78 is 19.9. The highest BCUT2D eigenvalue weighted by atomic mass is 16.5. The van der Waals surface area contributed by atoms with Gasteiger partial charge in [-0.3, -0.25) is 0 Å². The fraction of sp³-hybridized carbons (Fsp3) is 0.0909. The van der Waals surface area contributed by atoms with Gasteiger partial charge < -0.3 is 18.9 Å². The zero-order valence-electron chi connectivity index (χ0n) is 30.1. The Morgan fingerprint density at radius 1 is 0.375 bits per heavy atom. The highest BCUT2D eigenvalue weighted by molar-refractivity contribution is 6.24. The minimum Gasteiger partial charge on any atom is -0.465 e. The van der Waals surface area contributed by atoms with Gasteiger partial charge in [0.15, 0.2) is 0 Å². The van der Waals surface area contributed by atoms with Gasteiger partial charge in [-0.05, 0) is 66.3 Å². The number of ether oxygens (including phenoxy) is 4. The normalized spacial score (nSPS) is 12.9. The molecule has 0 heterocycles. The zero-order valence-corrected chi connectivity index (χ0v) is 30.1. The highest BCUT2D eigenvalue weighted by Crippen LogP contribution is 2.28. The van der Waals surface area contributed by atoms with Gasteiger partial charge in [-0.25, -0.2) is 19.2 Å². The molecule has 0 bridgehead atoms. The summed E-state index contributed by atoms with van der Waals surface area (Å²) in [6, 6.07) is 31.2. The molecule has 56 heavy (non-hydrogen) atoms. The van der Waals surface area contributed by atoms with Crippen LogP contribution in [0.25, 0.3) is 76.5 Å². The first kappa shape index (κ1) is 37.4. The number of nitriles is 4. The Morgan fingerprint density at radius 2 is 0.607 bits per heavy atom. The van der Waals surface area contributed by atoms with Gasteiger partial charge in [-0.1, -0.05) is 72.8 Å². The van der Waals surface area contributed by atoms with E-state index in [4.69, 9.17) is 18.9 Å². The Hall–Kier alpha value is -8.32. The van der Waals surface area contributed by atoms with Crippen LogP contribution in [0.2, 0.25) is 0 Å². The predicted octanol–water partition coefficient (Wildman–Crippen LogP) is 3.36. The van der Waals surface area contributed by atoms with Crippen molar-refractivity contribution in [3.63, 3.8) is 0 Å². The van der Waals surface area contributed by atoms with Crippen molar-refractivity contribution in [2.45, 2.75) is 0 Å². The lowest BCUT2D eigenvalue weighted by atomic mass is 9.89. The minimum atomic E-state index is -0.915. The van der Waals surface area contributed by atoms with Crippen molar-refractivity contribution in [2.75, 3.05) is 28.4 Å². The number of nitrogens with zero attached hydrogens (tertiary/aromatic N) is 4. The molecular formula is C44H26N4O8. The van der Waals surface area contributed by atoms with E-state index in [0.29, 0.717) is 54.2 Å². The Bertz CT molecular complexity index is 2990. The summed E-state index contributed by atoms with van der Waals surface area (Å²) >= 11 is 0. The molecule has 0 saturated carbocycles. The number of hydrogen-bond acceptors (Lipinski definition) is 12. The van der Waals surface area contributed by atoms with Crippen LogP contribution >= 0.6 is 0 Å². The van der Waals surface area contributed by atoms with Crippen molar-refractivity contribution in [2.24, 2.45) is 0 Å². The third-order valence-electron chi connectivity index (χ3n) is 9.39. The van der Waals surface area contributed by atoms with Gasteiger partial charge in [-0.2, -0.15) is 21.0 Å². The molecular weight excluding hydrogens is 713 g/mol. The van der Waals surface area contributed by atoms with Crippen LogP contribution in [0.4, 0.5) is 0 Å². The van der Waals surface area contributed by atoms with E-state index < -0.39 is 23.9 Å². The molecule has 0 radical (unpaired) electrons. The average Bonchev–Trinajstić information content (AvgIpc) is 3.24. The Balaban J connectivity index is 1.91. The van der Waals surface area contributed by atoms with E-state index >= 15 is 0 Å². The number of benzene rings is 6. The molecule has 0 spiro atoms. The first-order valence-electron chi connectivity index (χ1n) is 16.5. The summed E-state index contributed by atoms with van der Waals surface area (Å²) in [5.41, 5.74) is -0.293. The molecule has 12 nitrogen and oxygen atoms in total. The van der Waals surface area contributed by atoms with Crippen LogP contribution in [0.3, 0.4) is 0 Å². The van der Waals surface area contributed by atoms with Crippen molar-refractivity contribution in [3.05, 3.63) is 106 Å². The van der Waals surface area contributed by atoms with Gasteiger partial charge in [0.25, 0.3) is 0 Å². The average molecular weight is 739 g/mol. The van der Waals surface area contributed by atoms with Crippen molar-refractivity contribution in [3.8, 4) is 35.4 Å². The summed E-state index contributed by atoms with van der Waals surface area (Å²) in [5, 5.41) is 44.7. The second kappa shape index (κ2) is 15.3. The zero-order chi connectivity index (χ0) is 40.3. The van der Waals surface area contributed by atoms with E-state index in [-0.39, 0.29) is 43.2 Å². The van der Waals surface area contributed by atoms with E-state index in [1.165, 1.54) is 0 Å². The van der Waals surface area contributed by atoms with Gasteiger partial charge >= 0.3 is 23.9 Å². The molecule has 0 N–H and O–H groups in total. The van der Waals surface area contributed by atoms with Crippen LogP contribution < -0.4 is 20.9 Å². The van der Waals surface area contributed by atoms with Crippen LogP contribution in [0.1, 0.15) is 0 Å². The van der Waals surface area contributed by atoms with E-state index in [2.05, 4.69) is 0 Å². The highest BCUT2D eigenvalue weighted by Gasteiger charge is 2.22. The standard InChI is InChI=1S/C44H26N4O8/c1-53-41(49)33(19-45)37-25-9-5-7-11-27(25)39(35(21-47)43(51)55-3)31-17-23(13-15-29(31)37)24-14-16-30-32(18-24)40(36(22-48)44(52)56-4)28-12-8-6-10-26(28)38(30)34(20-46)42(50)54-2/h5-18H,1-4H3/b37-33+,38-34+,39-35-,40-36+. The van der Waals surface area contributed by atoms with Gasteiger partial charge in [0.1, 0.15) is 46.6 Å². The Labute approximate surface area is 317 Å². The van der Waals surface area contributed by atoms with Crippen molar-refractivity contribution < 1.29 is 38.1 Å². The molecule has 6 rings (SSSR count). The molecule has 6 aromatic carbocycles. The Kier molecular flexibility index (Phi) is 10.3. The maximum Gasteiger partial charge on any atom is 0.349 e. The fourth-order valence-electron chi connectivity index (χ4n) is 7.02. The summed E-state index contributed by atoms with van der Waals surface area (Å²) in [6.07, 6.45) is 0. The lowest BCUT2D eigenvalue weighted by Gasteiger charge is -2.14. The molecule has 0 atom stereocenters. The second-order valence-electron chi connectivity index (χ2n) is 12.0. The van der Waals surface area contributed by atoms with E-state index in [0.717, 1.165) is 28.4 Å². The Morgan fingerprint density at radius 3 is 0.839 bits per heavy atom. The third kappa shape index (κ3) is 5.96. The molecule has 0 unspecified atom stereocenters. The number of esters is 4. The second-order valence-corrected chi connectivity index (χ2v) is 12.0. The molecule has 270 valence electrons. The third-order valence-corrected chi connectivity index (χ3v) is 9.39. The lowest BCUT2D eigenvalue weighted by Crippen LogP contribution is -2.24. The molecule has 0 fully saturated rings. The van der Waals surface area contributed by atoms with Gasteiger partial charge in [-0.15, -0.1) is 0 Å². The summed E-state index contributed by atoms with van der Waals surface area (Å²) in [5.74, 6) is -3.62. The number of methoxy groups -OCH3 is 4. The predicted molar refractivity (Wildman–Crippen MR) is 205 cm³/mol. The van der Waals surface area contributed by atoms with Crippen molar-refractivity contribution in [1.82, 2.24) is 0 Å². The molecule has 0 aliphatic rings. The van der Waals surface area contributed by atoms with Gasteiger partial charge in [0, 0.05) is 20.9 Å². The maximum absolute atomic E-state index is 13.1. The first-order valence-corrected chi connectivity index (χ1v) is 16.5. The van der Waals surface area contributed by atoms with Crippen molar-refractivity contribution in [1.29, 1.82) is 21.0 Å². The number of carbonyl (C=O) groups is 4. The van der Waals surface area contributed by atoms with Crippen LogP contribution in [-0.4, -0.2) is 52.3 Å². The summed E-state index contributed by atoms with van der Waals surface area (Å²) in [6.45, 7) is 0. The summed E-state index contributed by atoms with van der Waals surface area (Å²) in [7, 11) is 4.58. The SMILES string of the molecule is COC(=O)/C(C#N)=c1/c2ccccc2/c(=C(/C#N)C(=O)OC)c2ccc(-c3ccc4/c(=C(\C#N)C(=O)OC)c5ccccc5/c(=C(/C#N)C(=O)OC)c4c3)cc12. The van der Waals surface area contributed by atoms with Crippen LogP contribution in [0.5, 0.6) is 0 Å². The first-order chi connectivity index (χ1) is 27.1. The number of rotatable bonds is 5. The largest absolute Gasteiger partial charge is 0.465 e. The van der Waals surface area contributed by atoms with E-state index in [9.17, 15) is 40.2 Å². The van der Waals surface area contributed by atoms with Gasteiger partial charge in [0.05, 0.1) is 28.4 Å². The van der Waals surface area contributed by atoms with Crippen LogP contribution in [0.15, 0.2) is 84.9 Å². The van der Waals surface area contributed by atoms with Crippen LogP contribution in [-0.2, 0) is 38.1 Å². The molecule has 6 aromatic rings. The van der Waals surface area contributed by atoms with Crippen molar-refractivity contribution >= 4 is 89.3 Å². The molecule has 12 heteroatoms. The van der Waals surface area contributed by atoms with Gasteiger partial charge in [0.2, 0.25) is 0 Å². The summed E-state index contributed by atoms with van der Waals surface area (Å²) in [4.78, 5) is 52.2. The monoisotopic (exact) mass is 738 g/mol. The number of carbonyl (C=O) groups excluding carboxylic acids is 4. The molecule has 0 saturated heterocycles. The molecule has 0 aliphatic heterocycles. The van der Waals surface area contributed by atoms with E-state index in [1.807, 2.05) is 24.3 Å². The topological polar surface area (TPSA) is 200 Å². The molecule has 0 amide bonds. The smallest absolute Gasteiger partial charge is 0.349 e. The quantitative estimate of drug-likeness (QED) is 0.142. The maximum atomic E-state index is 13.1. The minimum absolute atomic E-state index is 0.185.